The summed E-state index contributed by atoms with van der Waals surface area (Å²) in [7, 11) is -3.46. The summed E-state index contributed by atoms with van der Waals surface area (Å²) in [6.07, 6.45) is 1.72. The maximum Gasteiger partial charge on any atom is 0.243 e. The van der Waals surface area contributed by atoms with Crippen LogP contribution in [0.2, 0.25) is 0 Å². The molecular weight excluding hydrogens is 274 g/mol. The van der Waals surface area contributed by atoms with Crippen molar-refractivity contribution in [2.45, 2.75) is 57.1 Å². The molecule has 4 nitrogen and oxygen atoms in total. The first-order chi connectivity index (χ1) is 9.32. The van der Waals surface area contributed by atoms with Crippen molar-refractivity contribution in [2.75, 3.05) is 6.54 Å². The van der Waals surface area contributed by atoms with Crippen LogP contribution < -0.4 is 0 Å². The average molecular weight is 297 g/mol. The van der Waals surface area contributed by atoms with Crippen LogP contribution in [0.25, 0.3) is 0 Å². The highest BCUT2D eigenvalue weighted by Gasteiger charge is 2.36. The van der Waals surface area contributed by atoms with Gasteiger partial charge in [-0.3, -0.25) is 0 Å². The van der Waals surface area contributed by atoms with E-state index in [1.54, 1.807) is 17.3 Å². The molecule has 1 heterocycles. The Bertz CT molecular complexity index is 581. The van der Waals surface area contributed by atoms with E-state index in [4.69, 9.17) is 0 Å². The first-order valence-electron chi connectivity index (χ1n) is 7.09. The molecule has 1 aromatic rings. The number of aliphatic hydroxyl groups is 1. The van der Waals surface area contributed by atoms with E-state index in [2.05, 4.69) is 0 Å². The number of rotatable bonds is 4. The van der Waals surface area contributed by atoms with E-state index in [1.807, 2.05) is 26.0 Å². The highest BCUT2D eigenvalue weighted by Crippen LogP contribution is 2.30. The van der Waals surface area contributed by atoms with E-state index in [1.165, 1.54) is 0 Å². The minimum absolute atomic E-state index is 0.0834. The summed E-state index contributed by atoms with van der Waals surface area (Å²) in [6, 6.07) is 5.43. The third kappa shape index (κ3) is 3.05. The van der Waals surface area contributed by atoms with Crippen molar-refractivity contribution < 1.29 is 13.5 Å². The van der Waals surface area contributed by atoms with Gasteiger partial charge in [0.05, 0.1) is 11.0 Å². The van der Waals surface area contributed by atoms with Crippen molar-refractivity contribution in [1.82, 2.24) is 4.31 Å². The van der Waals surface area contributed by atoms with Gasteiger partial charge >= 0.3 is 0 Å². The van der Waals surface area contributed by atoms with E-state index < -0.39 is 16.1 Å². The fourth-order valence-corrected chi connectivity index (χ4v) is 4.88. The maximum atomic E-state index is 12.8. The largest absolute Gasteiger partial charge is 0.393 e. The summed E-state index contributed by atoms with van der Waals surface area (Å²) < 4.78 is 27.3. The van der Waals surface area contributed by atoms with E-state index in [9.17, 15) is 13.5 Å². The second-order valence-electron chi connectivity index (χ2n) is 5.77. The van der Waals surface area contributed by atoms with Gasteiger partial charge in [0.15, 0.2) is 0 Å². The standard InChI is InChI=1S/C15H23NO3S/c1-11-6-7-12(2)15(9-11)20(18,19)16-8-4-5-14(16)10-13(3)17/h6-7,9,13-14,17H,4-5,8,10H2,1-3H3. The molecule has 0 aromatic heterocycles. The Balaban J connectivity index is 2.36. The molecule has 20 heavy (non-hydrogen) atoms. The predicted molar refractivity (Wildman–Crippen MR) is 79.1 cm³/mol. The van der Waals surface area contributed by atoms with Gasteiger partial charge in [-0.2, -0.15) is 4.31 Å². The second kappa shape index (κ2) is 5.84. The summed E-state index contributed by atoms with van der Waals surface area (Å²) in [4.78, 5) is 0.398. The smallest absolute Gasteiger partial charge is 0.243 e. The molecule has 0 amide bonds. The Morgan fingerprint density at radius 2 is 2.10 bits per heavy atom. The Labute approximate surface area is 121 Å². The molecule has 2 rings (SSSR count). The van der Waals surface area contributed by atoms with Gasteiger partial charge in [-0.1, -0.05) is 12.1 Å². The van der Waals surface area contributed by atoms with Crippen molar-refractivity contribution in [3.63, 3.8) is 0 Å². The highest BCUT2D eigenvalue weighted by molar-refractivity contribution is 7.89. The highest BCUT2D eigenvalue weighted by atomic mass is 32.2. The molecule has 1 fully saturated rings. The third-order valence-electron chi connectivity index (χ3n) is 3.87. The zero-order chi connectivity index (χ0) is 14.9. The van der Waals surface area contributed by atoms with Crippen LogP contribution in [-0.2, 0) is 10.0 Å². The summed E-state index contributed by atoms with van der Waals surface area (Å²) in [5.41, 5.74) is 1.72. The Kier molecular flexibility index (Phi) is 4.52. The molecule has 1 aromatic carbocycles. The molecular formula is C15H23NO3S. The van der Waals surface area contributed by atoms with E-state index in [0.717, 1.165) is 24.0 Å². The van der Waals surface area contributed by atoms with Gasteiger partial charge in [0.2, 0.25) is 10.0 Å². The van der Waals surface area contributed by atoms with Crippen molar-refractivity contribution in [2.24, 2.45) is 0 Å². The monoisotopic (exact) mass is 297 g/mol. The molecule has 0 radical (unpaired) electrons. The number of hydrogen-bond donors (Lipinski definition) is 1. The molecule has 1 N–H and O–H groups in total. The SMILES string of the molecule is Cc1ccc(C)c(S(=O)(=O)N2CCCC2CC(C)O)c1. The zero-order valence-corrected chi connectivity index (χ0v) is 13.2. The van der Waals surface area contributed by atoms with Gasteiger partial charge in [0.25, 0.3) is 0 Å². The number of benzene rings is 1. The molecule has 0 saturated carbocycles. The summed E-state index contributed by atoms with van der Waals surface area (Å²) in [5, 5.41) is 9.54. The number of nitrogens with zero attached hydrogens (tertiary/aromatic N) is 1. The number of sulfonamides is 1. The molecule has 1 saturated heterocycles. The molecule has 0 aliphatic carbocycles. The summed E-state index contributed by atoms with van der Waals surface area (Å²) >= 11 is 0. The van der Waals surface area contributed by atoms with Crippen LogP contribution in [-0.4, -0.2) is 36.5 Å². The zero-order valence-electron chi connectivity index (χ0n) is 12.3. The molecule has 0 bridgehead atoms. The van der Waals surface area contributed by atoms with Crippen molar-refractivity contribution >= 4 is 10.0 Å². The van der Waals surface area contributed by atoms with Crippen LogP contribution >= 0.6 is 0 Å². The van der Waals surface area contributed by atoms with Gasteiger partial charge < -0.3 is 5.11 Å². The van der Waals surface area contributed by atoms with Crippen molar-refractivity contribution in [1.29, 1.82) is 0 Å². The van der Waals surface area contributed by atoms with E-state index in [0.29, 0.717) is 17.9 Å². The Morgan fingerprint density at radius 3 is 2.75 bits per heavy atom. The summed E-state index contributed by atoms with van der Waals surface area (Å²) in [6.45, 7) is 5.98. The number of hydrogen-bond acceptors (Lipinski definition) is 3. The maximum absolute atomic E-state index is 12.8. The molecule has 112 valence electrons. The van der Waals surface area contributed by atoms with Crippen molar-refractivity contribution in [3.05, 3.63) is 29.3 Å². The Hall–Kier alpha value is -0.910. The van der Waals surface area contributed by atoms with Gasteiger partial charge in [-0.15, -0.1) is 0 Å². The lowest BCUT2D eigenvalue weighted by Gasteiger charge is -2.25. The third-order valence-corrected chi connectivity index (χ3v) is 5.96. The summed E-state index contributed by atoms with van der Waals surface area (Å²) in [5.74, 6) is 0. The first kappa shape index (κ1) is 15.5. The Morgan fingerprint density at radius 1 is 1.40 bits per heavy atom. The van der Waals surface area contributed by atoms with Crippen LogP contribution in [0, 0.1) is 13.8 Å². The van der Waals surface area contributed by atoms with Crippen LogP contribution in [0.5, 0.6) is 0 Å². The van der Waals surface area contributed by atoms with Gasteiger partial charge in [0, 0.05) is 12.6 Å². The number of aliphatic hydroxyl groups excluding tert-OH is 1. The molecule has 5 heteroatoms. The van der Waals surface area contributed by atoms with Gasteiger partial charge in [-0.05, 0) is 57.2 Å². The fraction of sp³-hybridized carbons (Fsp3) is 0.600. The van der Waals surface area contributed by atoms with Crippen LogP contribution in [0.4, 0.5) is 0 Å². The first-order valence-corrected chi connectivity index (χ1v) is 8.53. The van der Waals surface area contributed by atoms with E-state index >= 15 is 0 Å². The lowest BCUT2D eigenvalue weighted by atomic mass is 10.1. The minimum Gasteiger partial charge on any atom is -0.393 e. The van der Waals surface area contributed by atoms with Crippen LogP contribution in [0.3, 0.4) is 0 Å². The van der Waals surface area contributed by atoms with E-state index in [-0.39, 0.29) is 6.04 Å². The van der Waals surface area contributed by atoms with Crippen LogP contribution in [0.15, 0.2) is 23.1 Å². The topological polar surface area (TPSA) is 57.6 Å². The second-order valence-corrected chi connectivity index (χ2v) is 7.62. The molecule has 1 aliphatic heterocycles. The number of aryl methyl sites for hydroxylation is 2. The molecule has 1 aliphatic rings. The van der Waals surface area contributed by atoms with Gasteiger partial charge in [-0.25, -0.2) is 8.42 Å². The molecule has 0 spiro atoms. The minimum atomic E-state index is -3.46. The van der Waals surface area contributed by atoms with Gasteiger partial charge in [0.1, 0.15) is 0 Å². The van der Waals surface area contributed by atoms with Crippen LogP contribution in [0.1, 0.15) is 37.3 Å². The molecule has 2 atom stereocenters. The fourth-order valence-electron chi connectivity index (χ4n) is 2.87. The normalized spacial score (nSPS) is 22.1. The predicted octanol–water partition coefficient (Wildman–Crippen LogP) is 2.23. The average Bonchev–Trinajstić information content (AvgIpc) is 2.80. The quantitative estimate of drug-likeness (QED) is 0.927. The molecule has 2 unspecified atom stereocenters. The lowest BCUT2D eigenvalue weighted by Crippen LogP contribution is -2.37. The lowest BCUT2D eigenvalue weighted by molar-refractivity contribution is 0.158. The van der Waals surface area contributed by atoms with Crippen molar-refractivity contribution in [3.8, 4) is 0 Å².